The number of hydrogen-bond donors (Lipinski definition) is 1. The highest BCUT2D eigenvalue weighted by Gasteiger charge is 2.19. The van der Waals surface area contributed by atoms with Gasteiger partial charge in [0.1, 0.15) is 5.82 Å². The molecule has 0 aromatic heterocycles. The van der Waals surface area contributed by atoms with Gasteiger partial charge in [0.25, 0.3) is 5.91 Å². The molecule has 19 heavy (non-hydrogen) atoms. The topological polar surface area (TPSA) is 32.3 Å². The number of amides is 1. The summed E-state index contributed by atoms with van der Waals surface area (Å²) in [6.45, 7) is 4.41. The van der Waals surface area contributed by atoms with E-state index in [2.05, 4.69) is 17.3 Å². The third-order valence-corrected chi connectivity index (χ3v) is 3.71. The molecule has 0 radical (unpaired) electrons. The Morgan fingerprint density at radius 1 is 1.53 bits per heavy atom. The van der Waals surface area contributed by atoms with Crippen molar-refractivity contribution < 1.29 is 9.18 Å². The van der Waals surface area contributed by atoms with Crippen LogP contribution >= 0.6 is 0 Å². The van der Waals surface area contributed by atoms with E-state index in [0.717, 1.165) is 25.9 Å². The Labute approximate surface area is 113 Å². The fourth-order valence-electron chi connectivity index (χ4n) is 2.59. The zero-order valence-electron chi connectivity index (χ0n) is 11.6. The first-order valence-corrected chi connectivity index (χ1v) is 6.80. The third-order valence-electron chi connectivity index (χ3n) is 3.71. The molecule has 4 heteroatoms. The summed E-state index contributed by atoms with van der Waals surface area (Å²) in [4.78, 5) is 14.2. The number of nitrogens with zero attached hydrogens (tertiary/aromatic N) is 1. The van der Waals surface area contributed by atoms with Crippen molar-refractivity contribution in [3.63, 3.8) is 0 Å². The van der Waals surface area contributed by atoms with Crippen LogP contribution in [-0.4, -0.2) is 37.5 Å². The van der Waals surface area contributed by atoms with Crippen LogP contribution in [0.2, 0.25) is 0 Å². The molecule has 1 aromatic carbocycles. The summed E-state index contributed by atoms with van der Waals surface area (Å²) in [5, 5.41) is 2.85. The molecule has 1 amide bonds. The van der Waals surface area contributed by atoms with Crippen LogP contribution in [0.5, 0.6) is 0 Å². The zero-order chi connectivity index (χ0) is 13.8. The molecular formula is C15H21FN2O. The normalized spacial score (nSPS) is 20.3. The van der Waals surface area contributed by atoms with Crippen LogP contribution in [0.1, 0.15) is 28.8 Å². The number of benzene rings is 1. The van der Waals surface area contributed by atoms with Crippen molar-refractivity contribution in [1.82, 2.24) is 10.2 Å². The van der Waals surface area contributed by atoms with Crippen molar-refractivity contribution >= 4 is 5.91 Å². The lowest BCUT2D eigenvalue weighted by Gasteiger charge is -2.29. The van der Waals surface area contributed by atoms with Gasteiger partial charge in [0.05, 0.1) is 5.56 Å². The lowest BCUT2D eigenvalue weighted by molar-refractivity contribution is 0.0932. The molecule has 1 aliphatic heterocycles. The average molecular weight is 264 g/mol. The Kier molecular flexibility index (Phi) is 4.53. The Morgan fingerprint density at radius 3 is 3.05 bits per heavy atom. The van der Waals surface area contributed by atoms with Crippen molar-refractivity contribution in [2.45, 2.75) is 19.8 Å². The fraction of sp³-hybridized carbons (Fsp3) is 0.533. The van der Waals surface area contributed by atoms with Crippen molar-refractivity contribution in [1.29, 1.82) is 0 Å². The minimum absolute atomic E-state index is 0.143. The average Bonchev–Trinajstić information content (AvgIpc) is 2.39. The molecule has 0 saturated carbocycles. The van der Waals surface area contributed by atoms with Crippen LogP contribution in [0.15, 0.2) is 18.2 Å². The highest BCUT2D eigenvalue weighted by molar-refractivity contribution is 5.94. The first kappa shape index (κ1) is 14.0. The summed E-state index contributed by atoms with van der Waals surface area (Å²) < 4.78 is 13.8. The van der Waals surface area contributed by atoms with Crippen molar-refractivity contribution in [2.75, 3.05) is 26.7 Å². The largest absolute Gasteiger partial charge is 0.352 e. The van der Waals surface area contributed by atoms with Gasteiger partial charge in [-0.15, -0.1) is 0 Å². The highest BCUT2D eigenvalue weighted by Crippen LogP contribution is 2.15. The summed E-state index contributed by atoms with van der Waals surface area (Å²) in [6.07, 6.45) is 2.29. The van der Waals surface area contributed by atoms with E-state index in [-0.39, 0.29) is 11.5 Å². The molecular weight excluding hydrogens is 243 g/mol. The standard InChI is InChI=1S/C15H21FN2O/c1-11-5-3-7-13(14(11)16)15(19)17-9-12-6-4-8-18(2)10-12/h3,5,7,12H,4,6,8-10H2,1-2H3,(H,17,19). The number of nitrogens with one attached hydrogen (secondary N) is 1. The smallest absolute Gasteiger partial charge is 0.254 e. The third kappa shape index (κ3) is 3.53. The minimum Gasteiger partial charge on any atom is -0.352 e. The maximum absolute atomic E-state index is 13.8. The van der Waals surface area contributed by atoms with Gasteiger partial charge in [0.15, 0.2) is 0 Å². The van der Waals surface area contributed by atoms with Crippen LogP contribution in [0.4, 0.5) is 4.39 Å². The summed E-state index contributed by atoms with van der Waals surface area (Å²) >= 11 is 0. The van der Waals surface area contributed by atoms with Crippen LogP contribution in [0.3, 0.4) is 0 Å². The molecule has 104 valence electrons. The fourth-order valence-corrected chi connectivity index (χ4v) is 2.59. The Bertz CT molecular complexity index is 461. The number of halogens is 1. The zero-order valence-corrected chi connectivity index (χ0v) is 11.6. The number of rotatable bonds is 3. The number of carbonyl (C=O) groups is 1. The molecule has 0 aliphatic carbocycles. The lowest BCUT2D eigenvalue weighted by Crippen LogP contribution is -2.39. The van der Waals surface area contributed by atoms with Gasteiger partial charge in [0.2, 0.25) is 0 Å². The number of piperidine rings is 1. The van der Waals surface area contributed by atoms with E-state index < -0.39 is 5.82 Å². The van der Waals surface area contributed by atoms with Gasteiger partial charge in [-0.3, -0.25) is 4.79 Å². The Hall–Kier alpha value is -1.42. The number of likely N-dealkylation sites (tertiary alicyclic amines) is 1. The molecule has 1 saturated heterocycles. The molecule has 1 fully saturated rings. The molecule has 0 bridgehead atoms. The van der Waals surface area contributed by atoms with Gasteiger partial charge >= 0.3 is 0 Å². The second kappa shape index (κ2) is 6.15. The quantitative estimate of drug-likeness (QED) is 0.907. The van der Waals surface area contributed by atoms with Crippen LogP contribution in [0, 0.1) is 18.7 Å². The second-order valence-electron chi connectivity index (χ2n) is 5.42. The summed E-state index contributed by atoms with van der Waals surface area (Å²) in [7, 11) is 2.09. The highest BCUT2D eigenvalue weighted by atomic mass is 19.1. The second-order valence-corrected chi connectivity index (χ2v) is 5.42. The van der Waals surface area contributed by atoms with E-state index in [1.54, 1.807) is 19.1 Å². The monoisotopic (exact) mass is 264 g/mol. The molecule has 1 atom stereocenters. The summed E-state index contributed by atoms with van der Waals surface area (Å²) in [5.41, 5.74) is 0.647. The molecule has 2 rings (SSSR count). The SMILES string of the molecule is Cc1cccc(C(=O)NCC2CCCN(C)C2)c1F. The van der Waals surface area contributed by atoms with E-state index in [1.165, 1.54) is 6.07 Å². The van der Waals surface area contributed by atoms with Gasteiger partial charge in [-0.05, 0) is 50.9 Å². The maximum atomic E-state index is 13.8. The number of carbonyl (C=O) groups excluding carboxylic acids is 1. The predicted molar refractivity (Wildman–Crippen MR) is 73.7 cm³/mol. The summed E-state index contributed by atoms with van der Waals surface area (Å²) in [5.74, 6) is -0.259. The van der Waals surface area contributed by atoms with E-state index in [9.17, 15) is 9.18 Å². The van der Waals surface area contributed by atoms with Gasteiger partial charge in [-0.2, -0.15) is 0 Å². The van der Waals surface area contributed by atoms with Crippen LogP contribution in [-0.2, 0) is 0 Å². The molecule has 1 heterocycles. The van der Waals surface area contributed by atoms with Crippen molar-refractivity contribution in [3.8, 4) is 0 Å². The summed E-state index contributed by atoms with van der Waals surface area (Å²) in [6, 6.07) is 4.91. The van der Waals surface area contributed by atoms with Gasteiger partial charge < -0.3 is 10.2 Å². The Morgan fingerprint density at radius 2 is 2.32 bits per heavy atom. The van der Waals surface area contributed by atoms with E-state index in [4.69, 9.17) is 0 Å². The molecule has 3 nitrogen and oxygen atoms in total. The van der Waals surface area contributed by atoms with E-state index in [1.807, 2.05) is 0 Å². The van der Waals surface area contributed by atoms with Crippen LogP contribution < -0.4 is 5.32 Å². The Balaban J connectivity index is 1.92. The van der Waals surface area contributed by atoms with Gasteiger partial charge in [-0.25, -0.2) is 4.39 Å². The molecule has 1 N–H and O–H groups in total. The molecule has 1 aliphatic rings. The number of aryl methyl sites for hydroxylation is 1. The predicted octanol–water partition coefficient (Wildman–Crippen LogP) is 2.21. The molecule has 1 unspecified atom stereocenters. The number of hydrogen-bond acceptors (Lipinski definition) is 2. The van der Waals surface area contributed by atoms with Crippen molar-refractivity contribution in [3.05, 3.63) is 35.1 Å². The van der Waals surface area contributed by atoms with Gasteiger partial charge in [-0.1, -0.05) is 12.1 Å². The van der Waals surface area contributed by atoms with E-state index >= 15 is 0 Å². The van der Waals surface area contributed by atoms with E-state index in [0.29, 0.717) is 18.0 Å². The van der Waals surface area contributed by atoms with Gasteiger partial charge in [0, 0.05) is 13.1 Å². The van der Waals surface area contributed by atoms with Crippen molar-refractivity contribution in [2.24, 2.45) is 5.92 Å². The lowest BCUT2D eigenvalue weighted by atomic mass is 9.98. The maximum Gasteiger partial charge on any atom is 0.254 e. The minimum atomic E-state index is -0.416. The first-order chi connectivity index (χ1) is 9.08. The molecule has 0 spiro atoms. The first-order valence-electron chi connectivity index (χ1n) is 6.80. The molecule has 1 aromatic rings. The van der Waals surface area contributed by atoms with Crippen LogP contribution in [0.25, 0.3) is 0 Å².